The third-order valence-electron chi connectivity index (χ3n) is 3.63. The average molecular weight is 282 g/mol. The van der Waals surface area contributed by atoms with Gasteiger partial charge in [0.1, 0.15) is 5.82 Å². The van der Waals surface area contributed by atoms with Crippen LogP contribution in [0.2, 0.25) is 0 Å². The van der Waals surface area contributed by atoms with E-state index in [9.17, 15) is 4.39 Å². The Kier molecular flexibility index (Phi) is 6.11. The predicted molar refractivity (Wildman–Crippen MR) is 79.9 cm³/mol. The van der Waals surface area contributed by atoms with Gasteiger partial charge < -0.3 is 5.32 Å². The molecule has 1 aliphatic carbocycles. The number of nitrogens with zero attached hydrogens (tertiary/aromatic N) is 1. The Morgan fingerprint density at radius 2 is 2.16 bits per heavy atom. The van der Waals surface area contributed by atoms with Crippen LogP contribution in [-0.2, 0) is 0 Å². The van der Waals surface area contributed by atoms with E-state index in [1.54, 1.807) is 12.3 Å². The first-order valence-electron chi connectivity index (χ1n) is 7.25. The van der Waals surface area contributed by atoms with Crippen LogP contribution >= 0.6 is 11.8 Å². The molecule has 0 bridgehead atoms. The topological polar surface area (TPSA) is 24.9 Å². The normalized spacial score (nSPS) is 18.4. The third kappa shape index (κ3) is 4.77. The Hall–Kier alpha value is -0.610. The Labute approximate surface area is 119 Å². The first-order chi connectivity index (χ1) is 9.29. The minimum absolute atomic E-state index is 0.208. The summed E-state index contributed by atoms with van der Waals surface area (Å²) in [5, 5.41) is 4.23. The summed E-state index contributed by atoms with van der Waals surface area (Å²) in [6.45, 7) is 2.98. The minimum atomic E-state index is -0.247. The maximum atomic E-state index is 13.3. The number of rotatable bonds is 6. The quantitative estimate of drug-likeness (QED) is 0.855. The minimum Gasteiger partial charge on any atom is -0.309 e. The van der Waals surface area contributed by atoms with Crippen LogP contribution in [0, 0.1) is 5.82 Å². The fourth-order valence-electron chi connectivity index (χ4n) is 2.60. The Balaban J connectivity index is 1.91. The lowest BCUT2D eigenvalue weighted by Crippen LogP contribution is -2.24. The van der Waals surface area contributed by atoms with Crippen LogP contribution in [0.4, 0.5) is 4.39 Å². The Morgan fingerprint density at radius 1 is 1.37 bits per heavy atom. The highest BCUT2D eigenvalue weighted by atomic mass is 32.2. The molecule has 2 rings (SSSR count). The van der Waals surface area contributed by atoms with Crippen LogP contribution in [0.15, 0.2) is 18.5 Å². The van der Waals surface area contributed by atoms with Gasteiger partial charge in [-0.2, -0.15) is 11.8 Å². The summed E-state index contributed by atoms with van der Waals surface area (Å²) in [6, 6.07) is 1.81. The molecular formula is C15H23FN2S. The number of nitrogens with one attached hydrogen (secondary N) is 1. The molecule has 0 spiro atoms. The van der Waals surface area contributed by atoms with Gasteiger partial charge in [0.05, 0.1) is 6.20 Å². The number of halogens is 1. The number of thioether (sulfide) groups is 1. The lowest BCUT2D eigenvalue weighted by Gasteiger charge is -2.24. The highest BCUT2D eigenvalue weighted by molar-refractivity contribution is 7.99. The largest absolute Gasteiger partial charge is 0.309 e. The molecule has 1 N–H and O–H groups in total. The summed E-state index contributed by atoms with van der Waals surface area (Å²) in [4.78, 5) is 3.96. The molecule has 0 aliphatic heterocycles. The van der Waals surface area contributed by atoms with Crippen molar-refractivity contribution in [2.75, 3.05) is 12.3 Å². The lowest BCUT2D eigenvalue weighted by molar-refractivity contribution is 0.514. The van der Waals surface area contributed by atoms with Gasteiger partial charge >= 0.3 is 0 Å². The van der Waals surface area contributed by atoms with Gasteiger partial charge in [0.25, 0.3) is 0 Å². The molecule has 0 saturated heterocycles. The van der Waals surface area contributed by atoms with E-state index in [2.05, 4.69) is 17.2 Å². The van der Waals surface area contributed by atoms with E-state index < -0.39 is 0 Å². The smallest absolute Gasteiger partial charge is 0.141 e. The maximum Gasteiger partial charge on any atom is 0.141 e. The van der Waals surface area contributed by atoms with Crippen molar-refractivity contribution in [3.63, 3.8) is 0 Å². The number of hydrogen-bond donors (Lipinski definition) is 1. The van der Waals surface area contributed by atoms with Gasteiger partial charge in [0.15, 0.2) is 0 Å². The molecule has 1 atom stereocenters. The molecule has 1 unspecified atom stereocenters. The molecular weight excluding hydrogens is 259 g/mol. The van der Waals surface area contributed by atoms with Crippen molar-refractivity contribution in [1.29, 1.82) is 0 Å². The van der Waals surface area contributed by atoms with Crippen LogP contribution in [0.25, 0.3) is 0 Å². The van der Waals surface area contributed by atoms with E-state index in [0.717, 1.165) is 23.1 Å². The molecule has 1 aromatic heterocycles. The highest BCUT2D eigenvalue weighted by Gasteiger charge is 2.17. The van der Waals surface area contributed by atoms with Crippen LogP contribution in [0.1, 0.15) is 50.6 Å². The molecule has 19 heavy (non-hydrogen) atoms. The highest BCUT2D eigenvalue weighted by Crippen LogP contribution is 2.31. The van der Waals surface area contributed by atoms with E-state index in [0.29, 0.717) is 0 Å². The summed E-state index contributed by atoms with van der Waals surface area (Å²) < 4.78 is 13.3. The predicted octanol–water partition coefficient (Wildman–Crippen LogP) is 3.94. The molecule has 1 heterocycles. The fourth-order valence-corrected chi connectivity index (χ4v) is 4.04. The molecule has 2 nitrogen and oxygen atoms in total. The van der Waals surface area contributed by atoms with Gasteiger partial charge in [-0.15, -0.1) is 0 Å². The molecule has 1 aromatic rings. The second-order valence-electron chi connectivity index (χ2n) is 5.14. The van der Waals surface area contributed by atoms with Crippen LogP contribution in [-0.4, -0.2) is 22.5 Å². The van der Waals surface area contributed by atoms with E-state index in [1.807, 2.05) is 11.8 Å². The first-order valence-corrected chi connectivity index (χ1v) is 8.30. The number of hydrogen-bond acceptors (Lipinski definition) is 3. The van der Waals surface area contributed by atoms with Gasteiger partial charge in [0.2, 0.25) is 0 Å². The molecule has 1 aliphatic rings. The van der Waals surface area contributed by atoms with E-state index in [4.69, 9.17) is 0 Å². The van der Waals surface area contributed by atoms with E-state index in [1.165, 1.54) is 38.3 Å². The van der Waals surface area contributed by atoms with Crippen molar-refractivity contribution < 1.29 is 4.39 Å². The second kappa shape index (κ2) is 7.85. The molecule has 4 heteroatoms. The van der Waals surface area contributed by atoms with Crippen LogP contribution in [0.5, 0.6) is 0 Å². The summed E-state index contributed by atoms with van der Waals surface area (Å²) in [6.07, 6.45) is 9.84. The molecule has 0 aromatic carbocycles. The zero-order valence-electron chi connectivity index (χ0n) is 11.6. The maximum absolute atomic E-state index is 13.3. The van der Waals surface area contributed by atoms with Crippen molar-refractivity contribution in [2.45, 2.75) is 50.3 Å². The molecule has 106 valence electrons. The third-order valence-corrected chi connectivity index (χ3v) is 5.10. The molecule has 1 saturated carbocycles. The molecule has 0 amide bonds. The Bertz CT molecular complexity index is 380. The number of pyridine rings is 1. The van der Waals surface area contributed by atoms with Gasteiger partial charge in [0, 0.05) is 23.2 Å². The van der Waals surface area contributed by atoms with Crippen LogP contribution in [0.3, 0.4) is 0 Å². The fraction of sp³-hybridized carbons (Fsp3) is 0.667. The molecule has 1 fully saturated rings. The average Bonchev–Trinajstić information content (AvgIpc) is 2.44. The monoisotopic (exact) mass is 282 g/mol. The summed E-state index contributed by atoms with van der Waals surface area (Å²) in [5.74, 6) is 0.756. The summed E-state index contributed by atoms with van der Waals surface area (Å²) >= 11 is 2.03. The van der Waals surface area contributed by atoms with Gasteiger partial charge in [-0.1, -0.05) is 26.2 Å². The van der Waals surface area contributed by atoms with E-state index >= 15 is 0 Å². The first kappa shape index (κ1) is 14.8. The van der Waals surface area contributed by atoms with Crippen LogP contribution < -0.4 is 5.32 Å². The van der Waals surface area contributed by atoms with Crippen molar-refractivity contribution in [3.05, 3.63) is 29.8 Å². The van der Waals surface area contributed by atoms with Crippen molar-refractivity contribution in [2.24, 2.45) is 0 Å². The zero-order chi connectivity index (χ0) is 13.5. The second-order valence-corrected chi connectivity index (χ2v) is 6.47. The van der Waals surface area contributed by atoms with Gasteiger partial charge in [-0.05, 0) is 31.0 Å². The van der Waals surface area contributed by atoms with Gasteiger partial charge in [-0.25, -0.2) is 4.39 Å². The van der Waals surface area contributed by atoms with Gasteiger partial charge in [-0.3, -0.25) is 4.98 Å². The number of aromatic nitrogens is 1. The summed E-state index contributed by atoms with van der Waals surface area (Å²) in [7, 11) is 0. The van der Waals surface area contributed by atoms with E-state index in [-0.39, 0.29) is 11.9 Å². The summed E-state index contributed by atoms with van der Waals surface area (Å²) in [5.41, 5.74) is 0.963. The van der Waals surface area contributed by atoms with Crippen molar-refractivity contribution in [1.82, 2.24) is 10.3 Å². The lowest BCUT2D eigenvalue weighted by atomic mass is 10.0. The van der Waals surface area contributed by atoms with Crippen molar-refractivity contribution >= 4 is 11.8 Å². The zero-order valence-corrected chi connectivity index (χ0v) is 12.4. The molecule has 0 radical (unpaired) electrons. The van der Waals surface area contributed by atoms with Crippen molar-refractivity contribution in [3.8, 4) is 0 Å². The standard InChI is InChI=1S/C15H23FN2S/c1-2-18-15(12-8-13(16)10-17-9-12)11-19-14-6-4-3-5-7-14/h8-10,14-15,18H,2-7,11H2,1H3. The SMILES string of the molecule is CCNC(CSC1CCCCC1)c1cncc(F)c1. The Morgan fingerprint density at radius 3 is 2.84 bits per heavy atom.